The Hall–Kier alpha value is -1.46. The van der Waals surface area contributed by atoms with Crippen LogP contribution in [0.15, 0.2) is 43.0 Å². The van der Waals surface area contributed by atoms with Gasteiger partial charge >= 0.3 is 0 Å². The van der Waals surface area contributed by atoms with Gasteiger partial charge in [-0.1, -0.05) is 44.7 Å². The SMILES string of the molecule is C=C(C(=O)c1ccc(C)c(I)c1)c1ccc2c(c1)CNCC2(C)C. The number of hydrogen-bond acceptors (Lipinski definition) is 2. The molecule has 2 nitrogen and oxygen atoms in total. The van der Waals surface area contributed by atoms with Crippen LogP contribution in [0.1, 0.15) is 46.5 Å². The van der Waals surface area contributed by atoms with Crippen LogP contribution in [0.25, 0.3) is 5.57 Å². The molecule has 0 unspecified atom stereocenters. The van der Waals surface area contributed by atoms with Crippen molar-refractivity contribution in [2.24, 2.45) is 0 Å². The number of aryl methyl sites for hydroxylation is 1. The van der Waals surface area contributed by atoms with Gasteiger partial charge in [-0.05, 0) is 63.9 Å². The molecule has 3 rings (SSSR count). The highest BCUT2D eigenvalue weighted by atomic mass is 127. The maximum Gasteiger partial charge on any atom is 0.193 e. The van der Waals surface area contributed by atoms with Crippen molar-refractivity contribution in [1.82, 2.24) is 5.32 Å². The van der Waals surface area contributed by atoms with E-state index in [0.717, 1.165) is 22.2 Å². The van der Waals surface area contributed by atoms with Crippen LogP contribution >= 0.6 is 22.6 Å². The van der Waals surface area contributed by atoms with Crippen LogP contribution in [-0.2, 0) is 12.0 Å². The number of ketones is 1. The Balaban J connectivity index is 1.93. The van der Waals surface area contributed by atoms with Gasteiger partial charge in [-0.3, -0.25) is 4.79 Å². The second-order valence-corrected chi connectivity index (χ2v) is 8.29. The monoisotopic (exact) mass is 431 g/mol. The van der Waals surface area contributed by atoms with E-state index in [9.17, 15) is 4.79 Å². The highest BCUT2D eigenvalue weighted by molar-refractivity contribution is 14.1. The largest absolute Gasteiger partial charge is 0.312 e. The zero-order valence-electron chi connectivity index (χ0n) is 14.4. The minimum absolute atomic E-state index is 0.00380. The molecule has 0 spiro atoms. The molecule has 0 saturated heterocycles. The first-order valence-electron chi connectivity index (χ1n) is 8.14. The zero-order chi connectivity index (χ0) is 17.5. The van der Waals surface area contributed by atoms with E-state index >= 15 is 0 Å². The average molecular weight is 431 g/mol. The third-order valence-corrected chi connectivity index (χ3v) is 5.94. The van der Waals surface area contributed by atoms with E-state index in [1.165, 1.54) is 16.7 Å². The van der Waals surface area contributed by atoms with Crippen molar-refractivity contribution in [3.8, 4) is 0 Å². The Kier molecular flexibility index (Phi) is 4.67. The van der Waals surface area contributed by atoms with E-state index in [-0.39, 0.29) is 11.2 Å². The van der Waals surface area contributed by atoms with E-state index in [2.05, 4.69) is 60.5 Å². The summed E-state index contributed by atoms with van der Waals surface area (Å²) in [5.41, 5.74) is 6.08. The molecule has 1 aliphatic rings. The minimum Gasteiger partial charge on any atom is -0.312 e. The van der Waals surface area contributed by atoms with Crippen molar-refractivity contribution >= 4 is 33.9 Å². The first-order valence-corrected chi connectivity index (χ1v) is 9.22. The van der Waals surface area contributed by atoms with E-state index in [1.54, 1.807) is 0 Å². The number of rotatable bonds is 3. The maximum absolute atomic E-state index is 12.8. The fourth-order valence-electron chi connectivity index (χ4n) is 3.23. The highest BCUT2D eigenvalue weighted by Gasteiger charge is 2.27. The smallest absolute Gasteiger partial charge is 0.193 e. The van der Waals surface area contributed by atoms with Crippen molar-refractivity contribution in [2.45, 2.75) is 32.7 Å². The molecule has 1 aliphatic heterocycles. The van der Waals surface area contributed by atoms with E-state index in [0.29, 0.717) is 11.1 Å². The minimum atomic E-state index is -0.00380. The van der Waals surface area contributed by atoms with Crippen LogP contribution < -0.4 is 5.32 Å². The third kappa shape index (κ3) is 3.20. The van der Waals surface area contributed by atoms with Crippen molar-refractivity contribution in [3.63, 3.8) is 0 Å². The second-order valence-electron chi connectivity index (χ2n) is 7.13. The standard InChI is InChI=1S/C21H22INO/c1-13-5-6-16(10-19(13)22)20(24)14(2)15-7-8-18-17(9-15)11-23-12-21(18,3)4/h5-10,23H,2,11-12H2,1,3-4H3. The zero-order valence-corrected chi connectivity index (χ0v) is 16.5. The van der Waals surface area contributed by atoms with Gasteiger partial charge in [-0.2, -0.15) is 0 Å². The van der Waals surface area contributed by atoms with Gasteiger partial charge in [0.05, 0.1) is 0 Å². The lowest BCUT2D eigenvalue weighted by Crippen LogP contribution is -2.38. The quantitative estimate of drug-likeness (QED) is 0.427. The van der Waals surface area contributed by atoms with Crippen LogP contribution in [0.3, 0.4) is 0 Å². The lowest BCUT2D eigenvalue weighted by molar-refractivity contribution is 0.105. The van der Waals surface area contributed by atoms with E-state index in [4.69, 9.17) is 0 Å². The van der Waals surface area contributed by atoms with Gasteiger partial charge in [0.15, 0.2) is 5.78 Å². The van der Waals surface area contributed by atoms with Crippen LogP contribution in [0.2, 0.25) is 0 Å². The summed E-state index contributed by atoms with van der Waals surface area (Å²) in [7, 11) is 0. The molecule has 124 valence electrons. The van der Waals surface area contributed by atoms with Crippen molar-refractivity contribution in [2.75, 3.05) is 6.54 Å². The van der Waals surface area contributed by atoms with Crippen LogP contribution in [-0.4, -0.2) is 12.3 Å². The molecule has 0 radical (unpaired) electrons. The first-order chi connectivity index (χ1) is 11.3. The molecule has 2 aromatic carbocycles. The number of benzene rings is 2. The Bertz CT molecular complexity index is 836. The molecular formula is C21H22INO. The summed E-state index contributed by atoms with van der Waals surface area (Å²) in [6, 6.07) is 12.1. The van der Waals surface area contributed by atoms with Gasteiger partial charge in [-0.25, -0.2) is 0 Å². The Morgan fingerprint density at radius 2 is 1.88 bits per heavy atom. The fourth-order valence-corrected chi connectivity index (χ4v) is 3.75. The number of nitrogens with one attached hydrogen (secondary N) is 1. The average Bonchev–Trinajstić information content (AvgIpc) is 2.55. The number of halogens is 1. The number of Topliss-reactive ketones (excluding diaryl/α,β-unsaturated/α-hetero) is 1. The molecule has 1 heterocycles. The van der Waals surface area contributed by atoms with Crippen LogP contribution in [0.4, 0.5) is 0 Å². The maximum atomic E-state index is 12.8. The summed E-state index contributed by atoms with van der Waals surface area (Å²) in [4.78, 5) is 12.8. The molecule has 0 amide bonds. The molecule has 24 heavy (non-hydrogen) atoms. The Labute approximate surface area is 157 Å². The van der Waals surface area contributed by atoms with Gasteiger partial charge in [0.25, 0.3) is 0 Å². The van der Waals surface area contributed by atoms with Gasteiger partial charge < -0.3 is 5.32 Å². The summed E-state index contributed by atoms with van der Waals surface area (Å²) in [5.74, 6) is -0.00380. The predicted octanol–water partition coefficient (Wildman–Crippen LogP) is 4.88. The lowest BCUT2D eigenvalue weighted by atomic mass is 9.78. The van der Waals surface area contributed by atoms with Crippen molar-refractivity contribution < 1.29 is 4.79 Å². The van der Waals surface area contributed by atoms with Gasteiger partial charge in [0.2, 0.25) is 0 Å². The number of hydrogen-bond donors (Lipinski definition) is 1. The highest BCUT2D eigenvalue weighted by Crippen LogP contribution is 2.32. The second kappa shape index (κ2) is 6.45. The van der Waals surface area contributed by atoms with E-state index in [1.807, 2.05) is 31.2 Å². The van der Waals surface area contributed by atoms with Gasteiger partial charge in [0.1, 0.15) is 0 Å². The molecule has 0 fully saturated rings. The van der Waals surface area contributed by atoms with Crippen molar-refractivity contribution in [1.29, 1.82) is 0 Å². The Morgan fingerprint density at radius 3 is 2.58 bits per heavy atom. The summed E-state index contributed by atoms with van der Waals surface area (Å²) >= 11 is 2.26. The van der Waals surface area contributed by atoms with Crippen LogP contribution in [0, 0.1) is 10.5 Å². The summed E-state index contributed by atoms with van der Waals surface area (Å²) < 4.78 is 1.10. The number of fused-ring (bicyclic) bond motifs is 1. The molecule has 0 atom stereocenters. The third-order valence-electron chi connectivity index (χ3n) is 4.77. The molecule has 0 bridgehead atoms. The number of carbonyl (C=O) groups excluding carboxylic acids is 1. The summed E-state index contributed by atoms with van der Waals surface area (Å²) in [5, 5.41) is 3.46. The molecule has 0 aliphatic carbocycles. The molecule has 3 heteroatoms. The molecular weight excluding hydrogens is 409 g/mol. The predicted molar refractivity (Wildman–Crippen MR) is 108 cm³/mol. The summed E-state index contributed by atoms with van der Waals surface area (Å²) in [6.07, 6.45) is 0. The molecule has 0 aromatic heterocycles. The van der Waals surface area contributed by atoms with E-state index < -0.39 is 0 Å². The topological polar surface area (TPSA) is 29.1 Å². The van der Waals surface area contributed by atoms with Gasteiger partial charge in [-0.15, -0.1) is 0 Å². The first kappa shape index (κ1) is 17.4. The number of allylic oxidation sites excluding steroid dienone is 1. The molecule has 0 saturated carbocycles. The van der Waals surface area contributed by atoms with Crippen molar-refractivity contribution in [3.05, 3.63) is 74.4 Å². The van der Waals surface area contributed by atoms with Gasteiger partial charge in [0, 0.05) is 33.2 Å². The fraction of sp³-hybridized carbons (Fsp3) is 0.286. The number of carbonyl (C=O) groups is 1. The molecule has 2 aromatic rings. The lowest BCUT2D eigenvalue weighted by Gasteiger charge is -2.33. The normalized spacial score (nSPS) is 15.7. The summed E-state index contributed by atoms with van der Waals surface area (Å²) in [6.45, 7) is 12.4. The van der Waals surface area contributed by atoms with Crippen LogP contribution in [0.5, 0.6) is 0 Å². The molecule has 1 N–H and O–H groups in total. The Morgan fingerprint density at radius 1 is 1.17 bits per heavy atom.